The van der Waals surface area contributed by atoms with Crippen LogP contribution >= 0.6 is 11.6 Å². The normalized spacial score (nSPS) is 33.1. The summed E-state index contributed by atoms with van der Waals surface area (Å²) >= 11 is 6.00. The summed E-state index contributed by atoms with van der Waals surface area (Å²) in [6.07, 6.45) is 2.63. The van der Waals surface area contributed by atoms with Crippen molar-refractivity contribution in [3.8, 4) is 0 Å². The third-order valence-corrected chi connectivity index (χ3v) is 4.99. The Bertz CT molecular complexity index is 413. The van der Waals surface area contributed by atoms with E-state index < -0.39 is 0 Å². The van der Waals surface area contributed by atoms with Crippen LogP contribution in [-0.4, -0.2) is 38.1 Å². The number of nitrogens with zero attached hydrogens (tertiary/aromatic N) is 1. The van der Waals surface area contributed by atoms with Gasteiger partial charge in [-0.3, -0.25) is 0 Å². The predicted octanol–water partition coefficient (Wildman–Crippen LogP) is 2.74. The second kappa shape index (κ2) is 4.84. The lowest BCUT2D eigenvalue weighted by Gasteiger charge is -2.42. The van der Waals surface area contributed by atoms with Crippen LogP contribution in [0.25, 0.3) is 0 Å². The van der Waals surface area contributed by atoms with Gasteiger partial charge in [-0.25, -0.2) is 0 Å². The lowest BCUT2D eigenvalue weighted by Crippen LogP contribution is -2.45. The quantitative estimate of drug-likeness (QED) is 0.839. The Kier molecular flexibility index (Phi) is 3.35. The van der Waals surface area contributed by atoms with Crippen molar-refractivity contribution in [3.63, 3.8) is 0 Å². The number of likely N-dealkylation sites (tertiary alicyclic amines) is 1. The van der Waals surface area contributed by atoms with Gasteiger partial charge in [0, 0.05) is 24.0 Å². The van der Waals surface area contributed by atoms with Gasteiger partial charge in [-0.15, -0.1) is 0 Å². The Morgan fingerprint density at radius 3 is 2.72 bits per heavy atom. The number of rotatable bonds is 1. The summed E-state index contributed by atoms with van der Waals surface area (Å²) in [6.45, 7) is 4.75. The summed E-state index contributed by atoms with van der Waals surface area (Å²) in [5.41, 5.74) is 1.93. The minimum atomic E-state index is 0.480. The molecule has 2 nitrogen and oxygen atoms in total. The van der Waals surface area contributed by atoms with E-state index in [0.29, 0.717) is 11.3 Å². The number of benzene rings is 1. The second-order valence-electron chi connectivity index (χ2n) is 5.91. The van der Waals surface area contributed by atoms with Crippen LogP contribution in [0.5, 0.6) is 0 Å². The molecule has 2 unspecified atom stereocenters. The molecule has 2 heterocycles. The molecule has 0 radical (unpaired) electrons. The Balaban J connectivity index is 1.90. The van der Waals surface area contributed by atoms with E-state index in [-0.39, 0.29) is 0 Å². The van der Waals surface area contributed by atoms with Crippen molar-refractivity contribution < 1.29 is 0 Å². The molecule has 0 saturated carbocycles. The van der Waals surface area contributed by atoms with Crippen LogP contribution in [0.1, 0.15) is 24.3 Å². The van der Waals surface area contributed by atoms with E-state index in [9.17, 15) is 0 Å². The Hall–Kier alpha value is -0.570. The van der Waals surface area contributed by atoms with Crippen LogP contribution in [-0.2, 0) is 0 Å². The van der Waals surface area contributed by atoms with Crippen molar-refractivity contribution in [1.82, 2.24) is 10.2 Å². The van der Waals surface area contributed by atoms with E-state index in [4.69, 9.17) is 11.6 Å². The highest BCUT2D eigenvalue weighted by molar-refractivity contribution is 6.30. The minimum absolute atomic E-state index is 0.480. The van der Waals surface area contributed by atoms with E-state index in [0.717, 1.165) is 18.1 Å². The molecule has 2 saturated heterocycles. The van der Waals surface area contributed by atoms with Crippen LogP contribution in [0.3, 0.4) is 0 Å². The molecule has 1 aromatic rings. The van der Waals surface area contributed by atoms with E-state index in [1.807, 2.05) is 12.1 Å². The first-order valence-electron chi connectivity index (χ1n) is 6.84. The van der Waals surface area contributed by atoms with Crippen molar-refractivity contribution in [3.05, 3.63) is 34.9 Å². The highest BCUT2D eigenvalue weighted by Gasteiger charge is 2.45. The predicted molar refractivity (Wildman–Crippen MR) is 76.2 cm³/mol. The fourth-order valence-electron chi connectivity index (χ4n) is 3.74. The topological polar surface area (TPSA) is 15.3 Å². The van der Waals surface area contributed by atoms with Gasteiger partial charge < -0.3 is 10.2 Å². The Morgan fingerprint density at radius 1 is 1.28 bits per heavy atom. The number of hydrogen-bond donors (Lipinski definition) is 1. The van der Waals surface area contributed by atoms with Gasteiger partial charge in [0.1, 0.15) is 0 Å². The zero-order valence-corrected chi connectivity index (χ0v) is 11.7. The van der Waals surface area contributed by atoms with Gasteiger partial charge >= 0.3 is 0 Å². The molecule has 3 heteroatoms. The van der Waals surface area contributed by atoms with Crippen molar-refractivity contribution in [2.75, 3.05) is 33.2 Å². The Labute approximate surface area is 114 Å². The van der Waals surface area contributed by atoms with Crippen LogP contribution in [0.2, 0.25) is 5.02 Å². The van der Waals surface area contributed by atoms with Crippen molar-refractivity contribution >= 4 is 11.6 Å². The molecule has 0 aromatic heterocycles. The average molecular weight is 265 g/mol. The highest BCUT2D eigenvalue weighted by Crippen LogP contribution is 2.47. The SMILES string of the molecule is CN1CCC2(CCNCC2c2ccc(Cl)cc2)C1. The minimum Gasteiger partial charge on any atom is -0.316 e. The molecule has 1 aromatic carbocycles. The zero-order chi connectivity index (χ0) is 12.6. The van der Waals surface area contributed by atoms with Gasteiger partial charge in [-0.1, -0.05) is 23.7 Å². The van der Waals surface area contributed by atoms with Crippen LogP contribution in [0.15, 0.2) is 24.3 Å². The monoisotopic (exact) mass is 264 g/mol. The third-order valence-electron chi connectivity index (χ3n) is 4.74. The number of piperidine rings is 1. The van der Waals surface area contributed by atoms with Gasteiger partial charge in [0.2, 0.25) is 0 Å². The van der Waals surface area contributed by atoms with E-state index in [1.54, 1.807) is 0 Å². The van der Waals surface area contributed by atoms with Crippen molar-refractivity contribution in [2.24, 2.45) is 5.41 Å². The van der Waals surface area contributed by atoms with Crippen molar-refractivity contribution in [1.29, 1.82) is 0 Å². The molecule has 0 bridgehead atoms. The van der Waals surface area contributed by atoms with Gasteiger partial charge in [0.05, 0.1) is 0 Å². The number of hydrogen-bond acceptors (Lipinski definition) is 2. The molecule has 1 N–H and O–H groups in total. The van der Waals surface area contributed by atoms with E-state index in [2.05, 4.69) is 29.4 Å². The maximum absolute atomic E-state index is 6.00. The lowest BCUT2D eigenvalue weighted by molar-refractivity contribution is 0.170. The van der Waals surface area contributed by atoms with Crippen LogP contribution in [0, 0.1) is 5.41 Å². The molecule has 2 aliphatic rings. The molecule has 0 amide bonds. The summed E-state index contributed by atoms with van der Waals surface area (Å²) in [4.78, 5) is 2.48. The first-order valence-corrected chi connectivity index (χ1v) is 7.22. The average Bonchev–Trinajstić information content (AvgIpc) is 2.73. The summed E-state index contributed by atoms with van der Waals surface area (Å²) in [5.74, 6) is 0.633. The molecule has 98 valence electrons. The first-order chi connectivity index (χ1) is 8.70. The van der Waals surface area contributed by atoms with Gasteiger partial charge in [-0.2, -0.15) is 0 Å². The molecule has 18 heavy (non-hydrogen) atoms. The van der Waals surface area contributed by atoms with E-state index in [1.165, 1.54) is 31.5 Å². The number of halogens is 1. The molecule has 3 rings (SSSR count). The molecular weight excluding hydrogens is 244 g/mol. The van der Waals surface area contributed by atoms with Gasteiger partial charge in [0.25, 0.3) is 0 Å². The largest absolute Gasteiger partial charge is 0.316 e. The molecule has 2 atom stereocenters. The standard InChI is InChI=1S/C15H21ClN2/c1-18-9-7-15(11-18)6-8-17-10-14(15)12-2-4-13(16)5-3-12/h2-5,14,17H,6-11H2,1H3. The maximum atomic E-state index is 6.00. The highest BCUT2D eigenvalue weighted by atomic mass is 35.5. The maximum Gasteiger partial charge on any atom is 0.0406 e. The summed E-state index contributed by atoms with van der Waals surface area (Å²) in [6, 6.07) is 8.47. The summed E-state index contributed by atoms with van der Waals surface area (Å²) in [5, 5.41) is 4.40. The Morgan fingerprint density at radius 2 is 2.06 bits per heavy atom. The molecule has 1 spiro atoms. The zero-order valence-electron chi connectivity index (χ0n) is 11.0. The second-order valence-corrected chi connectivity index (χ2v) is 6.34. The molecular formula is C15H21ClN2. The van der Waals surface area contributed by atoms with Gasteiger partial charge in [0.15, 0.2) is 0 Å². The fourth-order valence-corrected chi connectivity index (χ4v) is 3.86. The van der Waals surface area contributed by atoms with Crippen molar-refractivity contribution in [2.45, 2.75) is 18.8 Å². The summed E-state index contributed by atoms with van der Waals surface area (Å²) in [7, 11) is 2.25. The molecule has 2 aliphatic heterocycles. The lowest BCUT2D eigenvalue weighted by atomic mass is 9.67. The fraction of sp³-hybridized carbons (Fsp3) is 0.600. The summed E-state index contributed by atoms with van der Waals surface area (Å²) < 4.78 is 0. The number of nitrogens with one attached hydrogen (secondary N) is 1. The van der Waals surface area contributed by atoms with Gasteiger partial charge in [-0.05, 0) is 56.1 Å². The third kappa shape index (κ3) is 2.18. The first kappa shape index (κ1) is 12.5. The smallest absolute Gasteiger partial charge is 0.0406 e. The molecule has 2 fully saturated rings. The van der Waals surface area contributed by atoms with E-state index >= 15 is 0 Å². The van der Waals surface area contributed by atoms with Crippen LogP contribution < -0.4 is 5.32 Å². The van der Waals surface area contributed by atoms with Crippen LogP contribution in [0.4, 0.5) is 0 Å². The molecule has 0 aliphatic carbocycles.